The van der Waals surface area contributed by atoms with Gasteiger partial charge in [0.25, 0.3) is 12.8 Å². The minimum absolute atomic E-state index is 0.501. The molecule has 0 saturated heterocycles. The Labute approximate surface area is 131 Å². The van der Waals surface area contributed by atoms with Crippen LogP contribution in [-0.4, -0.2) is 55.4 Å². The van der Waals surface area contributed by atoms with E-state index < -0.39 is 55.4 Å². The lowest BCUT2D eigenvalue weighted by Crippen LogP contribution is -2.68. The molecule has 0 N–H and O–H groups in total. The van der Waals surface area contributed by atoms with E-state index in [1.807, 2.05) is 0 Å². The third-order valence-electron chi connectivity index (χ3n) is 2.74. The second kappa shape index (κ2) is 7.58. The lowest BCUT2D eigenvalue weighted by Gasteiger charge is -2.38. The summed E-state index contributed by atoms with van der Waals surface area (Å²) >= 11 is 0. The molecule has 0 spiro atoms. The third kappa shape index (κ3) is 3.97. The zero-order chi connectivity index (χ0) is 20.4. The van der Waals surface area contributed by atoms with Crippen LogP contribution in [0.25, 0.3) is 0 Å². The maximum Gasteiger partial charge on any atom is 0.383 e. The molecule has 0 aromatic rings. The first-order valence-electron chi connectivity index (χ1n) is 5.94. The van der Waals surface area contributed by atoms with Gasteiger partial charge in [0.2, 0.25) is 6.17 Å². The summed E-state index contributed by atoms with van der Waals surface area (Å²) in [6.45, 7) is 1.53. The normalized spacial score (nSPS) is 18.2. The minimum Gasteiger partial charge on any atom is -0.339 e. The van der Waals surface area contributed by atoms with E-state index in [2.05, 4.69) is 11.3 Å². The molecule has 0 radical (unpaired) electrons. The van der Waals surface area contributed by atoms with Crippen LogP contribution in [0.1, 0.15) is 0 Å². The van der Waals surface area contributed by atoms with Crippen molar-refractivity contribution < 1.29 is 61.8 Å². The van der Waals surface area contributed by atoms with Gasteiger partial charge in [0.05, 0.1) is 6.61 Å². The average molecular weight is 404 g/mol. The van der Waals surface area contributed by atoms with Crippen LogP contribution in [0.15, 0.2) is 12.7 Å². The first-order chi connectivity index (χ1) is 11.0. The molecule has 0 aromatic carbocycles. The largest absolute Gasteiger partial charge is 0.383 e. The van der Waals surface area contributed by atoms with Crippen LogP contribution < -0.4 is 0 Å². The Morgan fingerprint density at radius 3 is 1.52 bits per heavy atom. The first kappa shape index (κ1) is 23.8. The SMILES string of the molecule is C=CCOC(F)C(F)(F)C(F)(F)C(F)(F)C(F)(F)C(F)C(F)C(F)F. The molecule has 0 aromatic heterocycles. The fourth-order valence-electron chi connectivity index (χ4n) is 1.32. The van der Waals surface area contributed by atoms with Crippen molar-refractivity contribution in [2.24, 2.45) is 0 Å². The summed E-state index contributed by atoms with van der Waals surface area (Å²) in [7, 11) is 0. The van der Waals surface area contributed by atoms with Gasteiger partial charge in [0.1, 0.15) is 0 Å². The predicted octanol–water partition coefficient (Wildman–Crippen LogP) is 4.97. The van der Waals surface area contributed by atoms with Crippen molar-refractivity contribution in [3.05, 3.63) is 12.7 Å². The van der Waals surface area contributed by atoms with Gasteiger partial charge in [-0.05, 0) is 0 Å². The van der Waals surface area contributed by atoms with Gasteiger partial charge < -0.3 is 4.74 Å². The van der Waals surface area contributed by atoms with Crippen molar-refractivity contribution in [1.82, 2.24) is 0 Å². The molecular formula is C11H9F13O. The fraction of sp³-hybridized carbons (Fsp3) is 0.818. The van der Waals surface area contributed by atoms with Gasteiger partial charge in [-0.2, -0.15) is 35.1 Å². The van der Waals surface area contributed by atoms with Crippen LogP contribution in [0, 0.1) is 0 Å². The number of halogens is 13. The molecule has 3 unspecified atom stereocenters. The first-order valence-corrected chi connectivity index (χ1v) is 5.94. The summed E-state index contributed by atoms with van der Waals surface area (Å²) in [4.78, 5) is 0. The van der Waals surface area contributed by atoms with E-state index in [4.69, 9.17) is 0 Å². The molecule has 150 valence electrons. The van der Waals surface area contributed by atoms with E-state index in [1.54, 1.807) is 0 Å². The molecule has 0 aliphatic rings. The van der Waals surface area contributed by atoms with E-state index in [0.717, 1.165) is 0 Å². The van der Waals surface area contributed by atoms with Crippen molar-refractivity contribution in [3.8, 4) is 0 Å². The summed E-state index contributed by atoms with van der Waals surface area (Å²) in [5, 5.41) is 0. The van der Waals surface area contributed by atoms with Crippen LogP contribution in [0.5, 0.6) is 0 Å². The molecular weight excluding hydrogens is 395 g/mol. The van der Waals surface area contributed by atoms with E-state index in [-0.39, 0.29) is 0 Å². The monoisotopic (exact) mass is 404 g/mol. The summed E-state index contributed by atoms with van der Waals surface area (Å²) < 4.78 is 170. The second-order valence-corrected chi connectivity index (χ2v) is 4.51. The molecule has 0 amide bonds. The van der Waals surface area contributed by atoms with Crippen molar-refractivity contribution in [2.45, 2.75) is 48.8 Å². The molecule has 0 heterocycles. The second-order valence-electron chi connectivity index (χ2n) is 4.51. The smallest absolute Gasteiger partial charge is 0.339 e. The molecule has 0 aliphatic heterocycles. The van der Waals surface area contributed by atoms with Gasteiger partial charge in [0, 0.05) is 0 Å². The molecule has 1 nitrogen and oxygen atoms in total. The Morgan fingerprint density at radius 2 is 1.16 bits per heavy atom. The van der Waals surface area contributed by atoms with Crippen molar-refractivity contribution in [3.63, 3.8) is 0 Å². The van der Waals surface area contributed by atoms with E-state index >= 15 is 0 Å². The third-order valence-corrected chi connectivity index (χ3v) is 2.74. The highest BCUT2D eigenvalue weighted by Crippen LogP contribution is 2.56. The zero-order valence-corrected chi connectivity index (χ0v) is 11.6. The highest BCUT2D eigenvalue weighted by Gasteiger charge is 2.85. The van der Waals surface area contributed by atoms with Crippen LogP contribution in [0.3, 0.4) is 0 Å². The molecule has 0 rings (SSSR count). The topological polar surface area (TPSA) is 9.23 Å². The van der Waals surface area contributed by atoms with Crippen molar-refractivity contribution in [2.75, 3.05) is 6.61 Å². The van der Waals surface area contributed by atoms with Gasteiger partial charge in [-0.15, -0.1) is 6.58 Å². The van der Waals surface area contributed by atoms with E-state index in [1.165, 1.54) is 0 Å². The van der Waals surface area contributed by atoms with Crippen LogP contribution >= 0.6 is 0 Å². The van der Waals surface area contributed by atoms with E-state index in [0.29, 0.717) is 6.08 Å². The standard InChI is InChI=1S/C11H9F13O/c1-2-3-25-7(16)9(19,20)11(23,24)10(21,22)8(17,18)5(13)4(12)6(14)15/h2,4-7H,1,3H2. The molecule has 25 heavy (non-hydrogen) atoms. The Kier molecular flexibility index (Phi) is 7.21. The van der Waals surface area contributed by atoms with E-state index in [9.17, 15) is 57.1 Å². The number of ether oxygens (including phenoxy) is 1. The van der Waals surface area contributed by atoms with Gasteiger partial charge in [-0.25, -0.2) is 22.0 Å². The van der Waals surface area contributed by atoms with Crippen LogP contribution in [0.2, 0.25) is 0 Å². The van der Waals surface area contributed by atoms with Crippen molar-refractivity contribution >= 4 is 0 Å². The van der Waals surface area contributed by atoms with Gasteiger partial charge in [-0.1, -0.05) is 6.08 Å². The zero-order valence-electron chi connectivity index (χ0n) is 11.6. The Balaban J connectivity index is 5.88. The molecule has 0 fully saturated rings. The Hall–Kier alpha value is -1.21. The maximum absolute atomic E-state index is 13.2. The lowest BCUT2D eigenvalue weighted by molar-refractivity contribution is -0.401. The quantitative estimate of drug-likeness (QED) is 0.369. The number of alkyl halides is 13. The van der Waals surface area contributed by atoms with Crippen molar-refractivity contribution in [1.29, 1.82) is 0 Å². The molecule has 0 saturated carbocycles. The summed E-state index contributed by atoms with van der Waals surface area (Å²) in [5.74, 6) is -28.5. The van der Waals surface area contributed by atoms with Gasteiger partial charge in [0.15, 0.2) is 6.17 Å². The number of hydrogen-bond donors (Lipinski definition) is 0. The molecule has 14 heteroatoms. The Morgan fingerprint density at radius 1 is 0.760 bits per heavy atom. The van der Waals surface area contributed by atoms with Gasteiger partial charge in [-0.3, -0.25) is 0 Å². The summed E-state index contributed by atoms with van der Waals surface area (Å²) in [6, 6.07) is 0. The van der Waals surface area contributed by atoms with Crippen LogP contribution in [0.4, 0.5) is 57.1 Å². The molecule has 3 atom stereocenters. The molecule has 0 bridgehead atoms. The summed E-state index contributed by atoms with van der Waals surface area (Å²) in [6.07, 6.45) is -18.7. The maximum atomic E-state index is 13.2. The highest BCUT2D eigenvalue weighted by atomic mass is 19.4. The fourth-order valence-corrected chi connectivity index (χ4v) is 1.32. The van der Waals surface area contributed by atoms with Crippen LogP contribution in [-0.2, 0) is 4.74 Å². The molecule has 0 aliphatic carbocycles. The number of hydrogen-bond acceptors (Lipinski definition) is 1. The Bertz CT molecular complexity index is 449. The summed E-state index contributed by atoms with van der Waals surface area (Å²) in [5.41, 5.74) is 0. The minimum atomic E-state index is -7.47. The lowest BCUT2D eigenvalue weighted by atomic mass is 9.93. The van der Waals surface area contributed by atoms with Gasteiger partial charge >= 0.3 is 23.7 Å². The number of rotatable bonds is 10. The highest BCUT2D eigenvalue weighted by molar-refractivity contribution is 5.08. The predicted molar refractivity (Wildman–Crippen MR) is 56.6 cm³/mol. The average Bonchev–Trinajstić information content (AvgIpc) is 2.49.